The molecule has 0 aromatic heterocycles. The van der Waals surface area contributed by atoms with Crippen molar-refractivity contribution in [2.75, 3.05) is 32.7 Å². The Morgan fingerprint density at radius 3 is 2.00 bits per heavy atom. The van der Waals surface area contributed by atoms with Crippen LogP contribution in [0.2, 0.25) is 0 Å². The van der Waals surface area contributed by atoms with Gasteiger partial charge in [0.15, 0.2) is 0 Å². The zero-order valence-electron chi connectivity index (χ0n) is 18.5. The minimum Gasteiger partial charge on any atom is -0.343 e. The van der Waals surface area contributed by atoms with Crippen LogP contribution in [0.4, 0.5) is 4.79 Å². The maximum Gasteiger partial charge on any atom is 0.317 e. The molecular formula is C24H37N3O2. The molecule has 0 bridgehead atoms. The van der Waals surface area contributed by atoms with Gasteiger partial charge in [0.25, 0.3) is 0 Å². The Morgan fingerprint density at radius 1 is 0.931 bits per heavy atom. The Morgan fingerprint density at radius 2 is 1.48 bits per heavy atom. The smallest absolute Gasteiger partial charge is 0.317 e. The van der Waals surface area contributed by atoms with Gasteiger partial charge in [-0.1, -0.05) is 45.0 Å². The van der Waals surface area contributed by atoms with Crippen LogP contribution in [-0.4, -0.2) is 54.5 Å². The molecule has 0 unspecified atom stereocenters. The molecule has 160 valence electrons. The number of likely N-dealkylation sites (tertiary alicyclic amines) is 2. The maximum absolute atomic E-state index is 12.6. The number of benzene rings is 1. The highest BCUT2D eigenvalue weighted by atomic mass is 16.2. The molecule has 5 heteroatoms. The summed E-state index contributed by atoms with van der Waals surface area (Å²) in [6.07, 6.45) is 4.01. The fourth-order valence-electron chi connectivity index (χ4n) is 4.47. The number of carbonyl (C=O) groups is 2. The Hall–Kier alpha value is -2.04. The van der Waals surface area contributed by atoms with E-state index in [2.05, 4.69) is 50.4 Å². The first-order chi connectivity index (χ1) is 13.7. The Kier molecular flexibility index (Phi) is 6.86. The monoisotopic (exact) mass is 399 g/mol. The predicted molar refractivity (Wildman–Crippen MR) is 117 cm³/mol. The summed E-state index contributed by atoms with van der Waals surface area (Å²) in [6, 6.07) is 9.13. The highest BCUT2D eigenvalue weighted by Crippen LogP contribution is 2.30. The van der Waals surface area contributed by atoms with E-state index >= 15 is 0 Å². The van der Waals surface area contributed by atoms with Crippen LogP contribution in [0.3, 0.4) is 0 Å². The summed E-state index contributed by atoms with van der Waals surface area (Å²) in [7, 11) is 0. The van der Waals surface area contributed by atoms with Crippen LogP contribution in [0.5, 0.6) is 0 Å². The molecule has 1 N–H and O–H groups in total. The van der Waals surface area contributed by atoms with E-state index in [0.717, 1.165) is 58.4 Å². The van der Waals surface area contributed by atoms with Gasteiger partial charge in [-0.05, 0) is 54.1 Å². The summed E-state index contributed by atoms with van der Waals surface area (Å²) in [4.78, 5) is 27.8. The third kappa shape index (κ3) is 5.74. The lowest BCUT2D eigenvalue weighted by atomic mass is 9.84. The van der Waals surface area contributed by atoms with Crippen molar-refractivity contribution in [2.24, 2.45) is 5.92 Å². The van der Waals surface area contributed by atoms with Gasteiger partial charge in [-0.2, -0.15) is 0 Å². The number of nitrogens with one attached hydrogen (secondary N) is 1. The first-order valence-corrected chi connectivity index (χ1v) is 11.1. The average molecular weight is 400 g/mol. The Bertz CT molecular complexity index is 692. The molecule has 0 radical (unpaired) electrons. The molecule has 0 saturated carbocycles. The zero-order chi connectivity index (χ0) is 21.0. The second-order valence-electron chi connectivity index (χ2n) is 9.77. The van der Waals surface area contributed by atoms with Gasteiger partial charge in [0.2, 0.25) is 5.91 Å². The summed E-state index contributed by atoms with van der Waals surface area (Å²) >= 11 is 0. The van der Waals surface area contributed by atoms with Gasteiger partial charge in [0.05, 0.1) is 0 Å². The van der Waals surface area contributed by atoms with E-state index in [1.807, 2.05) is 9.80 Å². The molecule has 0 spiro atoms. The highest BCUT2D eigenvalue weighted by Gasteiger charge is 2.26. The number of nitrogens with zero attached hydrogens (tertiary/aromatic N) is 2. The van der Waals surface area contributed by atoms with Crippen LogP contribution in [0.25, 0.3) is 0 Å². The number of rotatable bonds is 3. The number of hydrogen-bond acceptors (Lipinski definition) is 2. The number of urea groups is 1. The molecule has 29 heavy (non-hydrogen) atoms. The molecule has 5 nitrogen and oxygen atoms in total. The Balaban J connectivity index is 1.41. The lowest BCUT2D eigenvalue weighted by Gasteiger charge is -2.34. The van der Waals surface area contributed by atoms with Crippen LogP contribution >= 0.6 is 0 Å². The summed E-state index contributed by atoms with van der Waals surface area (Å²) < 4.78 is 0. The van der Waals surface area contributed by atoms with Crippen molar-refractivity contribution in [1.29, 1.82) is 0 Å². The summed E-state index contributed by atoms with van der Waals surface area (Å²) in [5.41, 5.74) is 2.95. The van der Waals surface area contributed by atoms with Crippen LogP contribution < -0.4 is 5.32 Å². The van der Waals surface area contributed by atoms with Gasteiger partial charge >= 0.3 is 6.03 Å². The SMILES string of the molecule is CC(=O)N1CCC(CNC(=O)N2CCC(c3ccc(C(C)(C)C)cc3)CC2)CC1. The predicted octanol–water partition coefficient (Wildman–Crippen LogP) is 4.13. The first-order valence-electron chi connectivity index (χ1n) is 11.1. The number of piperidine rings is 2. The molecule has 2 saturated heterocycles. The molecule has 0 atom stereocenters. The molecule has 2 aliphatic heterocycles. The quantitative estimate of drug-likeness (QED) is 0.831. The molecule has 2 fully saturated rings. The molecule has 2 heterocycles. The van der Waals surface area contributed by atoms with Gasteiger partial charge < -0.3 is 15.1 Å². The molecule has 3 amide bonds. The standard InChI is InChI=1S/C24H37N3O2/c1-18(28)26-13-9-19(10-14-26)17-25-23(29)27-15-11-21(12-16-27)20-5-7-22(8-6-20)24(2,3)4/h5-8,19,21H,9-17H2,1-4H3,(H,25,29). The molecule has 3 rings (SSSR count). The van der Waals surface area contributed by atoms with E-state index in [1.54, 1.807) is 6.92 Å². The third-order valence-corrected chi connectivity index (χ3v) is 6.63. The van der Waals surface area contributed by atoms with Crippen molar-refractivity contribution in [3.63, 3.8) is 0 Å². The fraction of sp³-hybridized carbons (Fsp3) is 0.667. The minimum absolute atomic E-state index is 0.0699. The van der Waals surface area contributed by atoms with Crippen molar-refractivity contribution in [3.8, 4) is 0 Å². The van der Waals surface area contributed by atoms with Gasteiger partial charge in [0, 0.05) is 39.6 Å². The normalized spacial score (nSPS) is 19.3. The van der Waals surface area contributed by atoms with Crippen molar-refractivity contribution in [2.45, 2.75) is 64.7 Å². The van der Waals surface area contributed by atoms with Crippen LogP contribution in [0.1, 0.15) is 70.4 Å². The Labute approximate surface area is 175 Å². The number of carbonyl (C=O) groups excluding carboxylic acids is 2. The molecule has 1 aromatic carbocycles. The zero-order valence-corrected chi connectivity index (χ0v) is 18.5. The molecule has 1 aromatic rings. The molecule has 0 aliphatic carbocycles. The van der Waals surface area contributed by atoms with Gasteiger partial charge in [-0.25, -0.2) is 4.79 Å². The fourth-order valence-corrected chi connectivity index (χ4v) is 4.47. The highest BCUT2D eigenvalue weighted by molar-refractivity contribution is 5.74. The van der Waals surface area contributed by atoms with E-state index in [0.29, 0.717) is 11.8 Å². The van der Waals surface area contributed by atoms with Crippen molar-refractivity contribution in [1.82, 2.24) is 15.1 Å². The first kappa shape index (κ1) is 21.7. The van der Waals surface area contributed by atoms with Crippen LogP contribution in [0.15, 0.2) is 24.3 Å². The van der Waals surface area contributed by atoms with E-state index in [1.165, 1.54) is 11.1 Å². The van der Waals surface area contributed by atoms with E-state index < -0.39 is 0 Å². The summed E-state index contributed by atoms with van der Waals surface area (Å²) in [5.74, 6) is 1.18. The topological polar surface area (TPSA) is 52.7 Å². The summed E-state index contributed by atoms with van der Waals surface area (Å²) in [5, 5.41) is 3.13. The number of amides is 3. The second kappa shape index (κ2) is 9.19. The molecule has 2 aliphatic rings. The van der Waals surface area contributed by atoms with Gasteiger partial charge in [0.1, 0.15) is 0 Å². The van der Waals surface area contributed by atoms with Crippen molar-refractivity contribution >= 4 is 11.9 Å². The van der Waals surface area contributed by atoms with E-state index in [9.17, 15) is 9.59 Å². The van der Waals surface area contributed by atoms with E-state index in [4.69, 9.17) is 0 Å². The third-order valence-electron chi connectivity index (χ3n) is 6.63. The lowest BCUT2D eigenvalue weighted by molar-refractivity contribution is -0.130. The lowest BCUT2D eigenvalue weighted by Crippen LogP contribution is -2.46. The maximum atomic E-state index is 12.6. The second-order valence-corrected chi connectivity index (χ2v) is 9.77. The van der Waals surface area contributed by atoms with Gasteiger partial charge in [-0.15, -0.1) is 0 Å². The molecular weight excluding hydrogens is 362 g/mol. The van der Waals surface area contributed by atoms with Crippen LogP contribution in [-0.2, 0) is 10.2 Å². The van der Waals surface area contributed by atoms with Crippen molar-refractivity contribution in [3.05, 3.63) is 35.4 Å². The average Bonchev–Trinajstić information content (AvgIpc) is 2.72. The number of hydrogen-bond donors (Lipinski definition) is 1. The summed E-state index contributed by atoms with van der Waals surface area (Å²) in [6.45, 7) is 12.3. The largest absolute Gasteiger partial charge is 0.343 e. The minimum atomic E-state index is 0.0699. The van der Waals surface area contributed by atoms with Gasteiger partial charge in [-0.3, -0.25) is 4.79 Å². The van der Waals surface area contributed by atoms with E-state index in [-0.39, 0.29) is 17.4 Å². The van der Waals surface area contributed by atoms with Crippen LogP contribution in [0, 0.1) is 5.92 Å². The van der Waals surface area contributed by atoms with Crippen molar-refractivity contribution < 1.29 is 9.59 Å².